The summed E-state index contributed by atoms with van der Waals surface area (Å²) in [7, 11) is 0. The fraction of sp³-hybridized carbons (Fsp3) is 0.400. The Balaban J connectivity index is 2.56. The maximum atomic E-state index is 8.75. The molecule has 0 radical (unpaired) electrons. The monoisotopic (exact) mass is 197 g/mol. The summed E-state index contributed by atoms with van der Waals surface area (Å²) in [4.78, 5) is 0. The molecular formula is C10H15NOS. The molecule has 1 rings (SSSR count). The molecule has 72 valence electrons. The maximum absolute atomic E-state index is 8.75. The van der Waals surface area contributed by atoms with E-state index >= 15 is 0 Å². The van der Waals surface area contributed by atoms with E-state index in [9.17, 15) is 0 Å². The van der Waals surface area contributed by atoms with Gasteiger partial charge in [0.1, 0.15) is 0 Å². The first-order valence-electron chi connectivity index (χ1n) is 4.41. The minimum Gasteiger partial charge on any atom is -0.396 e. The van der Waals surface area contributed by atoms with Crippen LogP contribution >= 0.6 is 12.6 Å². The van der Waals surface area contributed by atoms with Gasteiger partial charge in [0, 0.05) is 24.6 Å². The van der Waals surface area contributed by atoms with Crippen molar-refractivity contribution in [3.05, 3.63) is 29.8 Å². The largest absolute Gasteiger partial charge is 0.396 e. The van der Waals surface area contributed by atoms with Crippen LogP contribution in [0.2, 0.25) is 0 Å². The van der Waals surface area contributed by atoms with Gasteiger partial charge in [-0.3, -0.25) is 0 Å². The van der Waals surface area contributed by atoms with Crippen molar-refractivity contribution in [2.45, 2.75) is 6.42 Å². The molecule has 2 nitrogen and oxygen atoms in total. The van der Waals surface area contributed by atoms with Crippen molar-refractivity contribution < 1.29 is 5.11 Å². The zero-order valence-corrected chi connectivity index (χ0v) is 8.43. The van der Waals surface area contributed by atoms with E-state index in [0.717, 1.165) is 30.0 Å². The third-order valence-electron chi connectivity index (χ3n) is 1.77. The second-order valence-corrected chi connectivity index (χ2v) is 3.27. The van der Waals surface area contributed by atoms with Crippen LogP contribution in [0.3, 0.4) is 0 Å². The van der Waals surface area contributed by atoms with Crippen LogP contribution in [0.4, 0.5) is 5.69 Å². The van der Waals surface area contributed by atoms with Gasteiger partial charge >= 0.3 is 0 Å². The number of rotatable bonds is 5. The molecule has 0 amide bonds. The maximum Gasteiger partial charge on any atom is 0.0471 e. The van der Waals surface area contributed by atoms with Crippen molar-refractivity contribution >= 4 is 18.3 Å². The molecule has 0 aliphatic heterocycles. The van der Waals surface area contributed by atoms with Crippen LogP contribution in [-0.4, -0.2) is 24.0 Å². The molecule has 0 atom stereocenters. The quantitative estimate of drug-likeness (QED) is 0.626. The van der Waals surface area contributed by atoms with Crippen LogP contribution in [0.5, 0.6) is 0 Å². The van der Waals surface area contributed by atoms with Crippen molar-refractivity contribution in [1.82, 2.24) is 0 Å². The molecule has 1 aromatic carbocycles. The molecule has 0 unspecified atom stereocenters. The number of aliphatic hydroxyl groups is 1. The standard InChI is InChI=1S/C10H15NOS/c12-6-4-9-2-1-3-10(8-9)11-5-7-13/h1-3,8,11-13H,4-7H2. The summed E-state index contributed by atoms with van der Waals surface area (Å²) < 4.78 is 0. The first kappa shape index (κ1) is 10.4. The Hall–Kier alpha value is -0.670. The Morgan fingerprint density at radius 1 is 1.38 bits per heavy atom. The third kappa shape index (κ3) is 3.70. The Morgan fingerprint density at radius 3 is 2.92 bits per heavy atom. The van der Waals surface area contributed by atoms with E-state index in [2.05, 4.69) is 24.0 Å². The van der Waals surface area contributed by atoms with Gasteiger partial charge in [0.15, 0.2) is 0 Å². The first-order chi connectivity index (χ1) is 6.36. The van der Waals surface area contributed by atoms with E-state index in [-0.39, 0.29) is 6.61 Å². The first-order valence-corrected chi connectivity index (χ1v) is 5.04. The molecule has 0 spiro atoms. The predicted octanol–water partition coefficient (Wildman–Crippen LogP) is 1.56. The van der Waals surface area contributed by atoms with Crippen molar-refractivity contribution in [3.63, 3.8) is 0 Å². The van der Waals surface area contributed by atoms with Crippen molar-refractivity contribution in [1.29, 1.82) is 0 Å². The molecular weight excluding hydrogens is 182 g/mol. The Morgan fingerprint density at radius 2 is 2.23 bits per heavy atom. The molecule has 0 saturated heterocycles. The Labute approximate surface area is 84.4 Å². The predicted molar refractivity (Wildman–Crippen MR) is 59.6 cm³/mol. The summed E-state index contributed by atoms with van der Waals surface area (Å²) >= 11 is 4.12. The van der Waals surface area contributed by atoms with Crippen LogP contribution in [0.15, 0.2) is 24.3 Å². The van der Waals surface area contributed by atoms with Gasteiger partial charge in [-0.15, -0.1) is 0 Å². The van der Waals surface area contributed by atoms with Gasteiger partial charge in [-0.05, 0) is 24.1 Å². The summed E-state index contributed by atoms with van der Waals surface area (Å²) in [6, 6.07) is 8.08. The van der Waals surface area contributed by atoms with Gasteiger partial charge in [0.05, 0.1) is 0 Å². The third-order valence-corrected chi connectivity index (χ3v) is 1.99. The summed E-state index contributed by atoms with van der Waals surface area (Å²) in [6.07, 6.45) is 0.719. The number of thiol groups is 1. The highest BCUT2D eigenvalue weighted by molar-refractivity contribution is 7.80. The van der Waals surface area contributed by atoms with Crippen LogP contribution in [0.1, 0.15) is 5.56 Å². The topological polar surface area (TPSA) is 32.3 Å². The fourth-order valence-corrected chi connectivity index (χ4v) is 1.28. The van der Waals surface area contributed by atoms with E-state index in [1.54, 1.807) is 0 Å². The lowest BCUT2D eigenvalue weighted by Crippen LogP contribution is -2.02. The minimum atomic E-state index is 0.204. The van der Waals surface area contributed by atoms with E-state index in [0.29, 0.717) is 0 Å². The van der Waals surface area contributed by atoms with Gasteiger partial charge in [0.25, 0.3) is 0 Å². The van der Waals surface area contributed by atoms with E-state index in [1.165, 1.54) is 0 Å². The fourth-order valence-electron chi connectivity index (χ4n) is 1.17. The number of hydrogen-bond donors (Lipinski definition) is 3. The molecule has 13 heavy (non-hydrogen) atoms. The summed E-state index contributed by atoms with van der Waals surface area (Å²) in [6.45, 7) is 1.07. The smallest absolute Gasteiger partial charge is 0.0471 e. The molecule has 0 saturated carbocycles. The number of nitrogens with one attached hydrogen (secondary N) is 1. The lowest BCUT2D eigenvalue weighted by Gasteiger charge is -2.05. The highest BCUT2D eigenvalue weighted by Gasteiger charge is 1.93. The number of benzene rings is 1. The van der Waals surface area contributed by atoms with Gasteiger partial charge in [0.2, 0.25) is 0 Å². The van der Waals surface area contributed by atoms with Crippen molar-refractivity contribution in [2.24, 2.45) is 0 Å². The van der Waals surface area contributed by atoms with Gasteiger partial charge in [-0.25, -0.2) is 0 Å². The highest BCUT2D eigenvalue weighted by atomic mass is 32.1. The number of aliphatic hydroxyl groups excluding tert-OH is 1. The molecule has 0 aliphatic carbocycles. The van der Waals surface area contributed by atoms with Gasteiger partial charge in [-0.2, -0.15) is 12.6 Å². The minimum absolute atomic E-state index is 0.204. The number of anilines is 1. The zero-order valence-electron chi connectivity index (χ0n) is 7.53. The normalized spacial score (nSPS) is 10.0. The molecule has 2 N–H and O–H groups in total. The van der Waals surface area contributed by atoms with Crippen molar-refractivity contribution in [2.75, 3.05) is 24.2 Å². The van der Waals surface area contributed by atoms with Gasteiger partial charge < -0.3 is 10.4 Å². The lowest BCUT2D eigenvalue weighted by molar-refractivity contribution is 0.299. The zero-order chi connectivity index (χ0) is 9.52. The van der Waals surface area contributed by atoms with E-state index < -0.39 is 0 Å². The molecule has 0 heterocycles. The molecule has 0 fully saturated rings. The van der Waals surface area contributed by atoms with E-state index in [4.69, 9.17) is 5.11 Å². The molecule has 0 aromatic heterocycles. The molecule has 0 aliphatic rings. The average molecular weight is 197 g/mol. The van der Waals surface area contributed by atoms with Gasteiger partial charge in [-0.1, -0.05) is 12.1 Å². The Kier molecular flexibility index (Phi) is 4.72. The summed E-state index contributed by atoms with van der Waals surface area (Å²) in [5.74, 6) is 0.824. The number of hydrogen-bond acceptors (Lipinski definition) is 3. The second-order valence-electron chi connectivity index (χ2n) is 2.82. The second kappa shape index (κ2) is 5.89. The average Bonchev–Trinajstić information content (AvgIpc) is 2.16. The molecule has 0 bridgehead atoms. The molecule has 1 aromatic rings. The van der Waals surface area contributed by atoms with Crippen LogP contribution in [0, 0.1) is 0 Å². The lowest BCUT2D eigenvalue weighted by atomic mass is 10.1. The highest BCUT2D eigenvalue weighted by Crippen LogP contribution is 2.10. The van der Waals surface area contributed by atoms with Crippen LogP contribution in [0.25, 0.3) is 0 Å². The summed E-state index contributed by atoms with van der Waals surface area (Å²) in [5.41, 5.74) is 2.26. The SMILES string of the molecule is OCCc1cccc(NCCS)c1. The molecule has 3 heteroatoms. The van der Waals surface area contributed by atoms with Crippen molar-refractivity contribution in [3.8, 4) is 0 Å². The van der Waals surface area contributed by atoms with Crippen LogP contribution in [-0.2, 0) is 6.42 Å². The van der Waals surface area contributed by atoms with E-state index in [1.807, 2.05) is 18.2 Å². The summed E-state index contributed by atoms with van der Waals surface area (Å²) in [5, 5.41) is 12.0. The Bertz CT molecular complexity index is 252. The van der Waals surface area contributed by atoms with Crippen LogP contribution < -0.4 is 5.32 Å².